The lowest BCUT2D eigenvalue weighted by atomic mass is 10.2. The Morgan fingerprint density at radius 1 is 1.54 bits per heavy atom. The molecule has 0 amide bonds. The molecule has 0 heterocycles. The van der Waals surface area contributed by atoms with Crippen LogP contribution in [-0.2, 0) is 11.4 Å². The predicted octanol–water partition coefficient (Wildman–Crippen LogP) is 1.88. The molecule has 13 heavy (non-hydrogen) atoms. The molecule has 3 nitrogen and oxygen atoms in total. The number of ether oxygens (including phenoxy) is 1. The van der Waals surface area contributed by atoms with Gasteiger partial charge in [0.25, 0.3) is 0 Å². The first-order valence-electron chi connectivity index (χ1n) is 3.53. The van der Waals surface area contributed by atoms with Crippen molar-refractivity contribution >= 4 is 11.6 Å². The molecule has 0 fully saturated rings. The molecule has 0 atom stereocenters. The normalized spacial score (nSPS) is 10.2. The fourth-order valence-electron chi connectivity index (χ4n) is 0.996. The average Bonchev–Trinajstić information content (AvgIpc) is 2.12. The number of rotatable bonds is 3. The molecule has 5 heteroatoms. The number of benzene rings is 1. The van der Waals surface area contributed by atoms with Gasteiger partial charge in [-0.1, -0.05) is 11.6 Å². The summed E-state index contributed by atoms with van der Waals surface area (Å²) >= 11 is 5.64. The molecule has 0 aliphatic heterocycles. The number of halogens is 2. The number of hydrogen-bond donors (Lipinski definition) is 1. The van der Waals surface area contributed by atoms with E-state index in [9.17, 15) is 4.39 Å². The fourth-order valence-corrected chi connectivity index (χ4v) is 1.26. The molecule has 0 aliphatic rings. The summed E-state index contributed by atoms with van der Waals surface area (Å²) in [7, 11) is 1.40. The number of hydrogen-bond acceptors (Lipinski definition) is 3. The minimum atomic E-state index is -0.528. The third kappa shape index (κ3) is 2.09. The summed E-state index contributed by atoms with van der Waals surface area (Å²) in [5.74, 6) is 4.61. The van der Waals surface area contributed by atoms with Crippen LogP contribution in [0.15, 0.2) is 12.1 Å². The Hall–Kier alpha value is -0.840. The van der Waals surface area contributed by atoms with E-state index in [-0.39, 0.29) is 17.4 Å². The topological polar surface area (TPSA) is 44.5 Å². The van der Waals surface area contributed by atoms with E-state index < -0.39 is 5.82 Å². The molecule has 1 aromatic carbocycles. The lowest BCUT2D eigenvalue weighted by Crippen LogP contribution is -2.02. The highest BCUT2D eigenvalue weighted by atomic mass is 35.5. The first kappa shape index (κ1) is 10.2. The molecule has 1 rings (SSSR count). The largest absolute Gasteiger partial charge is 0.495 e. The summed E-state index contributed by atoms with van der Waals surface area (Å²) < 4.78 is 17.8. The highest BCUT2D eigenvalue weighted by molar-refractivity contribution is 6.32. The molecule has 0 unspecified atom stereocenters. The molecule has 1 aromatic rings. The molecule has 2 N–H and O–H groups in total. The van der Waals surface area contributed by atoms with Gasteiger partial charge in [0.15, 0.2) is 0 Å². The van der Waals surface area contributed by atoms with Crippen LogP contribution in [0.3, 0.4) is 0 Å². The summed E-state index contributed by atoms with van der Waals surface area (Å²) in [5.41, 5.74) is 0.608. The van der Waals surface area contributed by atoms with Gasteiger partial charge in [0.1, 0.15) is 16.6 Å². The number of nitrogens with two attached hydrogens (primary N) is 1. The van der Waals surface area contributed by atoms with Gasteiger partial charge in [0.2, 0.25) is 0 Å². The van der Waals surface area contributed by atoms with E-state index in [1.54, 1.807) is 0 Å². The lowest BCUT2D eigenvalue weighted by Gasteiger charge is -2.09. The highest BCUT2D eigenvalue weighted by Gasteiger charge is 2.11. The first-order valence-corrected chi connectivity index (χ1v) is 3.91. The van der Waals surface area contributed by atoms with Crippen LogP contribution in [0.1, 0.15) is 5.56 Å². The zero-order valence-electron chi connectivity index (χ0n) is 7.01. The second kappa shape index (κ2) is 4.41. The molecule has 0 aromatic heterocycles. The van der Waals surface area contributed by atoms with Gasteiger partial charge >= 0.3 is 0 Å². The maximum Gasteiger partial charge on any atom is 0.146 e. The Morgan fingerprint density at radius 2 is 2.23 bits per heavy atom. The first-order chi connectivity index (χ1) is 6.20. The third-order valence-electron chi connectivity index (χ3n) is 1.57. The van der Waals surface area contributed by atoms with Crippen molar-refractivity contribution < 1.29 is 14.0 Å². The van der Waals surface area contributed by atoms with Crippen LogP contribution in [-0.4, -0.2) is 7.11 Å². The van der Waals surface area contributed by atoms with Gasteiger partial charge in [0, 0.05) is 5.56 Å². The lowest BCUT2D eigenvalue weighted by molar-refractivity contribution is 0.122. The van der Waals surface area contributed by atoms with E-state index >= 15 is 0 Å². The van der Waals surface area contributed by atoms with Gasteiger partial charge in [-0.05, 0) is 12.1 Å². The fraction of sp³-hybridized carbons (Fsp3) is 0.250. The monoisotopic (exact) mass is 205 g/mol. The molecule has 0 radical (unpaired) electrons. The number of methoxy groups -OCH3 is 1. The smallest absolute Gasteiger partial charge is 0.146 e. The van der Waals surface area contributed by atoms with E-state index in [0.29, 0.717) is 5.56 Å². The molecule has 0 spiro atoms. The molecule has 72 valence electrons. The van der Waals surface area contributed by atoms with Crippen molar-refractivity contribution in [1.82, 2.24) is 0 Å². The maximum absolute atomic E-state index is 12.9. The van der Waals surface area contributed by atoms with Gasteiger partial charge in [-0.15, -0.1) is 0 Å². The minimum Gasteiger partial charge on any atom is -0.495 e. The summed E-state index contributed by atoms with van der Waals surface area (Å²) in [4.78, 5) is 4.40. The van der Waals surface area contributed by atoms with Crippen molar-refractivity contribution in [3.8, 4) is 5.75 Å². The predicted molar refractivity (Wildman–Crippen MR) is 46.9 cm³/mol. The summed E-state index contributed by atoms with van der Waals surface area (Å²) in [6.45, 7) is 0.128. The van der Waals surface area contributed by atoms with E-state index in [4.69, 9.17) is 22.2 Å². The van der Waals surface area contributed by atoms with Crippen molar-refractivity contribution in [2.24, 2.45) is 5.90 Å². The van der Waals surface area contributed by atoms with Crippen LogP contribution >= 0.6 is 11.6 Å². The Morgan fingerprint density at radius 3 is 2.77 bits per heavy atom. The standard InChI is InChI=1S/C8H9ClFNO2/c1-12-8-5(4-13-11)2-3-6(10)7(8)9/h2-3H,4,11H2,1H3. The van der Waals surface area contributed by atoms with Crippen molar-refractivity contribution in [1.29, 1.82) is 0 Å². The second-order valence-electron chi connectivity index (χ2n) is 2.36. The van der Waals surface area contributed by atoms with Crippen molar-refractivity contribution in [2.75, 3.05) is 7.11 Å². The second-order valence-corrected chi connectivity index (χ2v) is 2.74. The molecule has 0 aliphatic carbocycles. The van der Waals surface area contributed by atoms with Crippen molar-refractivity contribution in [3.63, 3.8) is 0 Å². The van der Waals surface area contributed by atoms with Crippen LogP contribution in [0, 0.1) is 5.82 Å². The van der Waals surface area contributed by atoms with Gasteiger partial charge in [0.05, 0.1) is 13.7 Å². The van der Waals surface area contributed by atoms with Crippen LogP contribution in [0.5, 0.6) is 5.75 Å². The zero-order valence-corrected chi connectivity index (χ0v) is 7.77. The molecular formula is C8H9ClFNO2. The van der Waals surface area contributed by atoms with Crippen LogP contribution in [0.2, 0.25) is 5.02 Å². The quantitative estimate of drug-likeness (QED) is 0.767. The summed E-state index contributed by atoms with van der Waals surface area (Å²) in [5, 5.41) is -0.0583. The average molecular weight is 206 g/mol. The van der Waals surface area contributed by atoms with E-state index in [0.717, 1.165) is 0 Å². The Balaban J connectivity index is 3.13. The van der Waals surface area contributed by atoms with E-state index in [1.807, 2.05) is 0 Å². The Bertz CT molecular complexity index is 306. The maximum atomic E-state index is 12.9. The summed E-state index contributed by atoms with van der Waals surface area (Å²) in [6, 6.07) is 2.74. The van der Waals surface area contributed by atoms with Crippen LogP contribution < -0.4 is 10.6 Å². The Labute approximate surface area is 80.2 Å². The van der Waals surface area contributed by atoms with Crippen LogP contribution in [0.4, 0.5) is 4.39 Å². The van der Waals surface area contributed by atoms with Gasteiger partial charge in [-0.2, -0.15) is 0 Å². The Kier molecular flexibility index (Phi) is 3.48. The highest BCUT2D eigenvalue weighted by Crippen LogP contribution is 2.31. The third-order valence-corrected chi connectivity index (χ3v) is 1.93. The molecule has 0 saturated carbocycles. The molecule has 0 bridgehead atoms. The summed E-state index contributed by atoms with van der Waals surface area (Å²) in [6.07, 6.45) is 0. The van der Waals surface area contributed by atoms with Crippen molar-refractivity contribution in [3.05, 3.63) is 28.5 Å². The SMILES string of the molecule is COc1c(CON)ccc(F)c1Cl. The van der Waals surface area contributed by atoms with Gasteiger partial charge < -0.3 is 4.74 Å². The van der Waals surface area contributed by atoms with E-state index in [1.165, 1.54) is 19.2 Å². The van der Waals surface area contributed by atoms with Crippen molar-refractivity contribution in [2.45, 2.75) is 6.61 Å². The van der Waals surface area contributed by atoms with Gasteiger partial charge in [-0.3, -0.25) is 4.84 Å². The molecule has 0 saturated heterocycles. The van der Waals surface area contributed by atoms with Crippen LogP contribution in [0.25, 0.3) is 0 Å². The minimum absolute atomic E-state index is 0.0583. The zero-order chi connectivity index (χ0) is 9.84. The van der Waals surface area contributed by atoms with Gasteiger partial charge in [-0.25, -0.2) is 10.3 Å². The van der Waals surface area contributed by atoms with E-state index in [2.05, 4.69) is 4.84 Å². The molecular weight excluding hydrogens is 197 g/mol.